The molecule has 0 radical (unpaired) electrons. The van der Waals surface area contributed by atoms with Crippen LogP contribution in [-0.4, -0.2) is 24.5 Å². The number of nitrogens with one attached hydrogen (secondary N) is 2. The van der Waals surface area contributed by atoms with Crippen molar-refractivity contribution in [2.24, 2.45) is 4.99 Å². The molecule has 22 heavy (non-hydrogen) atoms. The molecular weight excluding hydrogens is 272 g/mol. The summed E-state index contributed by atoms with van der Waals surface area (Å²) in [6.07, 6.45) is 2.86. The maximum Gasteiger partial charge on any atom is 0.191 e. The molecule has 116 valence electrons. The van der Waals surface area contributed by atoms with Crippen molar-refractivity contribution in [3.8, 4) is 0 Å². The standard InChI is InChI=1S/C18H24N4/c1-14-5-4-6-17(11-14)13-22-18(19-3)20-10-9-16-8-7-15(2)21-12-16/h4-8,11-12H,9-10,13H2,1-3H3,(H2,19,20,22). The van der Waals surface area contributed by atoms with Crippen LogP contribution in [0.5, 0.6) is 0 Å². The predicted octanol–water partition coefficient (Wildman–Crippen LogP) is 2.61. The van der Waals surface area contributed by atoms with Crippen LogP contribution < -0.4 is 10.6 Å². The Kier molecular flexibility index (Phi) is 5.95. The molecule has 0 atom stereocenters. The molecule has 0 aliphatic carbocycles. The second-order valence-corrected chi connectivity index (χ2v) is 5.40. The van der Waals surface area contributed by atoms with E-state index >= 15 is 0 Å². The third kappa shape index (κ3) is 5.20. The lowest BCUT2D eigenvalue weighted by Crippen LogP contribution is -2.37. The quantitative estimate of drug-likeness (QED) is 0.658. The number of benzene rings is 1. The van der Waals surface area contributed by atoms with Gasteiger partial charge in [-0.2, -0.15) is 0 Å². The summed E-state index contributed by atoms with van der Waals surface area (Å²) < 4.78 is 0. The number of nitrogens with zero attached hydrogens (tertiary/aromatic N) is 2. The van der Waals surface area contributed by atoms with Gasteiger partial charge in [-0.15, -0.1) is 0 Å². The highest BCUT2D eigenvalue weighted by Crippen LogP contribution is 2.03. The minimum absolute atomic E-state index is 0.771. The van der Waals surface area contributed by atoms with E-state index in [4.69, 9.17) is 0 Å². The van der Waals surface area contributed by atoms with Crippen LogP contribution in [0.2, 0.25) is 0 Å². The second kappa shape index (κ2) is 8.17. The number of pyridine rings is 1. The Labute approximate surface area is 132 Å². The molecule has 0 bridgehead atoms. The average molecular weight is 296 g/mol. The number of aryl methyl sites for hydroxylation is 2. The van der Waals surface area contributed by atoms with Gasteiger partial charge in [0, 0.05) is 32.0 Å². The number of hydrogen-bond donors (Lipinski definition) is 2. The Balaban J connectivity index is 1.76. The molecular formula is C18H24N4. The predicted molar refractivity (Wildman–Crippen MR) is 92.1 cm³/mol. The van der Waals surface area contributed by atoms with Gasteiger partial charge in [-0.1, -0.05) is 35.9 Å². The summed E-state index contributed by atoms with van der Waals surface area (Å²) >= 11 is 0. The normalized spacial score (nSPS) is 11.3. The third-order valence-electron chi connectivity index (χ3n) is 3.44. The number of aromatic nitrogens is 1. The Morgan fingerprint density at radius 1 is 1.09 bits per heavy atom. The lowest BCUT2D eigenvalue weighted by molar-refractivity contribution is 0.792. The van der Waals surface area contributed by atoms with Gasteiger partial charge >= 0.3 is 0 Å². The smallest absolute Gasteiger partial charge is 0.191 e. The van der Waals surface area contributed by atoms with Crippen LogP contribution in [0.15, 0.2) is 47.6 Å². The fourth-order valence-corrected chi connectivity index (χ4v) is 2.20. The zero-order valence-corrected chi connectivity index (χ0v) is 13.6. The molecule has 0 saturated carbocycles. The van der Waals surface area contributed by atoms with Crippen LogP contribution in [0.1, 0.15) is 22.4 Å². The van der Waals surface area contributed by atoms with E-state index in [2.05, 4.69) is 57.9 Å². The molecule has 0 amide bonds. The topological polar surface area (TPSA) is 49.3 Å². The first kappa shape index (κ1) is 16.0. The van der Waals surface area contributed by atoms with Crippen LogP contribution in [0.4, 0.5) is 0 Å². The molecule has 0 aliphatic rings. The van der Waals surface area contributed by atoms with Gasteiger partial charge in [0.2, 0.25) is 0 Å². The lowest BCUT2D eigenvalue weighted by Gasteiger charge is -2.12. The number of guanidine groups is 1. The van der Waals surface area contributed by atoms with E-state index in [0.29, 0.717) is 0 Å². The molecule has 2 N–H and O–H groups in total. The van der Waals surface area contributed by atoms with Crippen molar-refractivity contribution in [1.82, 2.24) is 15.6 Å². The van der Waals surface area contributed by atoms with Crippen LogP contribution in [0.3, 0.4) is 0 Å². The molecule has 2 aromatic rings. The minimum Gasteiger partial charge on any atom is -0.356 e. The van der Waals surface area contributed by atoms with Crippen molar-refractivity contribution >= 4 is 5.96 Å². The van der Waals surface area contributed by atoms with Crippen LogP contribution in [0, 0.1) is 13.8 Å². The van der Waals surface area contributed by atoms with Crippen molar-refractivity contribution < 1.29 is 0 Å². The molecule has 0 fully saturated rings. The van der Waals surface area contributed by atoms with E-state index < -0.39 is 0 Å². The Morgan fingerprint density at radius 2 is 1.95 bits per heavy atom. The second-order valence-electron chi connectivity index (χ2n) is 5.40. The maximum absolute atomic E-state index is 4.31. The van der Waals surface area contributed by atoms with Crippen molar-refractivity contribution in [1.29, 1.82) is 0 Å². The van der Waals surface area contributed by atoms with Gasteiger partial charge in [-0.05, 0) is 37.5 Å². The maximum atomic E-state index is 4.31. The molecule has 4 nitrogen and oxygen atoms in total. The largest absolute Gasteiger partial charge is 0.356 e. The van der Waals surface area contributed by atoms with Gasteiger partial charge < -0.3 is 10.6 Å². The SMILES string of the molecule is CN=C(NCCc1ccc(C)nc1)NCc1cccc(C)c1. The molecule has 2 rings (SSSR count). The Bertz CT molecular complexity index is 617. The van der Waals surface area contributed by atoms with E-state index in [0.717, 1.165) is 31.2 Å². The fraction of sp³-hybridized carbons (Fsp3) is 0.333. The summed E-state index contributed by atoms with van der Waals surface area (Å²) in [6, 6.07) is 12.6. The van der Waals surface area contributed by atoms with Gasteiger partial charge in [-0.25, -0.2) is 0 Å². The zero-order valence-electron chi connectivity index (χ0n) is 13.6. The van der Waals surface area contributed by atoms with Gasteiger partial charge in [0.15, 0.2) is 5.96 Å². The highest BCUT2D eigenvalue weighted by molar-refractivity contribution is 5.79. The monoisotopic (exact) mass is 296 g/mol. The van der Waals surface area contributed by atoms with Crippen LogP contribution in [-0.2, 0) is 13.0 Å². The number of aliphatic imine (C=N–C) groups is 1. The van der Waals surface area contributed by atoms with Gasteiger partial charge in [-0.3, -0.25) is 9.98 Å². The average Bonchev–Trinajstić information content (AvgIpc) is 2.52. The summed E-state index contributed by atoms with van der Waals surface area (Å²) in [5.74, 6) is 0.821. The van der Waals surface area contributed by atoms with Crippen LogP contribution in [0.25, 0.3) is 0 Å². The van der Waals surface area contributed by atoms with E-state index in [1.807, 2.05) is 19.2 Å². The summed E-state index contributed by atoms with van der Waals surface area (Å²) in [7, 11) is 1.79. The highest BCUT2D eigenvalue weighted by Gasteiger charge is 1.99. The third-order valence-corrected chi connectivity index (χ3v) is 3.44. The van der Waals surface area contributed by atoms with Gasteiger partial charge in [0.25, 0.3) is 0 Å². The van der Waals surface area contributed by atoms with Crippen molar-refractivity contribution in [2.45, 2.75) is 26.8 Å². The summed E-state index contributed by atoms with van der Waals surface area (Å²) in [5, 5.41) is 6.66. The summed E-state index contributed by atoms with van der Waals surface area (Å²) in [4.78, 5) is 8.56. The molecule has 0 unspecified atom stereocenters. The molecule has 1 aromatic carbocycles. The van der Waals surface area contributed by atoms with E-state index in [1.54, 1.807) is 7.05 Å². The highest BCUT2D eigenvalue weighted by atomic mass is 15.2. The Morgan fingerprint density at radius 3 is 2.64 bits per heavy atom. The first-order chi connectivity index (χ1) is 10.7. The van der Waals surface area contributed by atoms with Crippen molar-refractivity contribution in [2.75, 3.05) is 13.6 Å². The first-order valence-corrected chi connectivity index (χ1v) is 7.59. The molecule has 1 heterocycles. The number of hydrogen-bond acceptors (Lipinski definition) is 2. The number of rotatable bonds is 5. The van der Waals surface area contributed by atoms with Gasteiger partial charge in [0.1, 0.15) is 0 Å². The fourth-order valence-electron chi connectivity index (χ4n) is 2.20. The van der Waals surface area contributed by atoms with Crippen molar-refractivity contribution in [3.05, 3.63) is 65.0 Å². The molecule has 0 saturated heterocycles. The minimum atomic E-state index is 0.771. The summed E-state index contributed by atoms with van der Waals surface area (Å²) in [6.45, 7) is 5.71. The molecule has 1 aromatic heterocycles. The van der Waals surface area contributed by atoms with E-state index in [9.17, 15) is 0 Å². The van der Waals surface area contributed by atoms with E-state index in [-0.39, 0.29) is 0 Å². The van der Waals surface area contributed by atoms with Crippen molar-refractivity contribution in [3.63, 3.8) is 0 Å². The van der Waals surface area contributed by atoms with Gasteiger partial charge in [0.05, 0.1) is 0 Å². The first-order valence-electron chi connectivity index (χ1n) is 7.59. The molecule has 0 spiro atoms. The molecule has 0 aliphatic heterocycles. The Hall–Kier alpha value is -2.36. The summed E-state index contributed by atoms with van der Waals surface area (Å²) in [5.41, 5.74) is 4.80. The van der Waals surface area contributed by atoms with E-state index in [1.165, 1.54) is 16.7 Å². The zero-order chi connectivity index (χ0) is 15.8. The molecule has 4 heteroatoms. The van der Waals surface area contributed by atoms with Crippen LogP contribution >= 0.6 is 0 Å². The lowest BCUT2D eigenvalue weighted by atomic mass is 10.1.